The molecule has 2 aromatic rings. The molecule has 1 N–H and O–H groups in total. The average molecular weight is 475 g/mol. The predicted molar refractivity (Wildman–Crippen MR) is 122 cm³/mol. The van der Waals surface area contributed by atoms with Crippen molar-refractivity contribution in [2.75, 3.05) is 28.5 Å². The van der Waals surface area contributed by atoms with Crippen LogP contribution in [0.25, 0.3) is 0 Å². The van der Waals surface area contributed by atoms with E-state index in [1.807, 2.05) is 18.2 Å². The molecule has 2 heterocycles. The van der Waals surface area contributed by atoms with Crippen LogP contribution in [0.1, 0.15) is 29.3 Å². The molecule has 10 heteroatoms. The molecule has 0 saturated heterocycles. The Kier molecular flexibility index (Phi) is 6.25. The molecule has 0 radical (unpaired) electrons. The van der Waals surface area contributed by atoms with Gasteiger partial charge in [0.15, 0.2) is 12.4 Å². The molecule has 2 aromatic carbocycles. The van der Waals surface area contributed by atoms with Crippen LogP contribution in [-0.2, 0) is 30.8 Å². The lowest BCUT2D eigenvalue weighted by Gasteiger charge is -2.23. The summed E-state index contributed by atoms with van der Waals surface area (Å²) in [6.45, 7) is 1.50. The fourth-order valence-electron chi connectivity index (χ4n) is 3.66. The Morgan fingerprint density at radius 1 is 1.22 bits per heavy atom. The van der Waals surface area contributed by atoms with Crippen molar-refractivity contribution in [1.29, 1.82) is 0 Å². The SMILES string of the molecule is CCS(=O)(=O)N1CCc2cc(C(=O)COC(=O)C[C@@H]3Sc4ccccc4NC3=O)ccc21. The monoisotopic (exact) mass is 474 g/mol. The smallest absolute Gasteiger partial charge is 0.307 e. The Balaban J connectivity index is 1.34. The highest BCUT2D eigenvalue weighted by Crippen LogP contribution is 2.36. The number of anilines is 2. The van der Waals surface area contributed by atoms with Gasteiger partial charge in [0.25, 0.3) is 0 Å². The summed E-state index contributed by atoms with van der Waals surface area (Å²) in [6.07, 6.45) is 0.372. The van der Waals surface area contributed by atoms with E-state index in [1.165, 1.54) is 16.1 Å². The van der Waals surface area contributed by atoms with E-state index < -0.39 is 27.8 Å². The van der Waals surface area contributed by atoms with Gasteiger partial charge in [-0.25, -0.2) is 8.42 Å². The standard InChI is InChI=1S/C22H22N2O6S2/c1-2-32(28,29)24-10-9-14-11-15(7-8-17(14)24)18(25)13-30-21(26)12-20-22(27)23-16-5-3-4-6-19(16)31-20/h3-8,11,20H,2,9-10,12-13H2,1H3,(H,23,27)/t20-/m0/s1. The number of amides is 1. The average Bonchev–Trinajstić information content (AvgIpc) is 3.22. The second-order valence-electron chi connectivity index (χ2n) is 7.45. The third-order valence-corrected chi connectivity index (χ3v) is 8.43. The van der Waals surface area contributed by atoms with Gasteiger partial charge in [-0.2, -0.15) is 0 Å². The van der Waals surface area contributed by atoms with Crippen molar-refractivity contribution in [3.8, 4) is 0 Å². The summed E-state index contributed by atoms with van der Waals surface area (Å²) in [5, 5.41) is 2.14. The maximum absolute atomic E-state index is 12.5. The second-order valence-corrected chi connectivity index (χ2v) is 10.9. The molecule has 168 valence electrons. The van der Waals surface area contributed by atoms with Crippen molar-refractivity contribution in [3.05, 3.63) is 53.6 Å². The zero-order chi connectivity index (χ0) is 22.9. The molecular weight excluding hydrogens is 452 g/mol. The summed E-state index contributed by atoms with van der Waals surface area (Å²) < 4.78 is 30.9. The highest BCUT2D eigenvalue weighted by molar-refractivity contribution is 8.01. The van der Waals surface area contributed by atoms with Gasteiger partial charge in [-0.15, -0.1) is 11.8 Å². The number of benzene rings is 2. The number of nitrogens with zero attached hydrogens (tertiary/aromatic N) is 1. The Bertz CT molecular complexity index is 1190. The van der Waals surface area contributed by atoms with Crippen LogP contribution >= 0.6 is 11.8 Å². The molecule has 0 saturated carbocycles. The number of ketones is 1. The van der Waals surface area contributed by atoms with Gasteiger partial charge in [-0.05, 0) is 49.2 Å². The van der Waals surface area contributed by atoms with Crippen molar-refractivity contribution in [2.45, 2.75) is 29.9 Å². The second kappa shape index (κ2) is 8.95. The maximum atomic E-state index is 12.5. The van der Waals surface area contributed by atoms with Crippen LogP contribution < -0.4 is 9.62 Å². The number of fused-ring (bicyclic) bond motifs is 2. The largest absolute Gasteiger partial charge is 0.457 e. The number of para-hydroxylation sites is 1. The number of esters is 1. The van der Waals surface area contributed by atoms with Crippen molar-refractivity contribution in [2.24, 2.45) is 0 Å². The van der Waals surface area contributed by atoms with Crippen LogP contribution in [0, 0.1) is 0 Å². The van der Waals surface area contributed by atoms with Crippen LogP contribution in [0.2, 0.25) is 0 Å². The van der Waals surface area contributed by atoms with E-state index in [1.54, 1.807) is 31.2 Å². The Hall–Kier alpha value is -2.85. The fourth-order valence-corrected chi connectivity index (χ4v) is 5.91. The van der Waals surface area contributed by atoms with Crippen LogP contribution in [0.15, 0.2) is 47.4 Å². The fraction of sp³-hybridized carbons (Fsp3) is 0.318. The Morgan fingerprint density at radius 3 is 2.78 bits per heavy atom. The van der Waals surface area contributed by atoms with Gasteiger partial charge in [0.2, 0.25) is 15.9 Å². The normalized spacial score (nSPS) is 17.3. The van der Waals surface area contributed by atoms with Crippen molar-refractivity contribution in [1.82, 2.24) is 0 Å². The number of carbonyl (C=O) groups excluding carboxylic acids is 3. The van der Waals surface area contributed by atoms with Crippen LogP contribution in [-0.4, -0.2) is 50.2 Å². The van der Waals surface area contributed by atoms with Gasteiger partial charge in [0.1, 0.15) is 0 Å². The van der Waals surface area contributed by atoms with Gasteiger partial charge in [-0.3, -0.25) is 18.7 Å². The number of sulfonamides is 1. The summed E-state index contributed by atoms with van der Waals surface area (Å²) >= 11 is 1.29. The van der Waals surface area contributed by atoms with Gasteiger partial charge >= 0.3 is 5.97 Å². The van der Waals surface area contributed by atoms with E-state index in [9.17, 15) is 22.8 Å². The summed E-state index contributed by atoms with van der Waals surface area (Å²) in [5.74, 6) is -1.29. The quantitative estimate of drug-likeness (QED) is 0.485. The van der Waals surface area contributed by atoms with Gasteiger partial charge in [0, 0.05) is 17.0 Å². The van der Waals surface area contributed by atoms with Crippen molar-refractivity contribution in [3.63, 3.8) is 0 Å². The number of ether oxygens (including phenoxy) is 1. The number of rotatable bonds is 7. The Morgan fingerprint density at radius 2 is 2.00 bits per heavy atom. The molecule has 0 fully saturated rings. The molecule has 1 amide bonds. The minimum Gasteiger partial charge on any atom is -0.457 e. The number of carbonyl (C=O) groups is 3. The number of nitrogens with one attached hydrogen (secondary N) is 1. The lowest BCUT2D eigenvalue weighted by molar-refractivity contribution is -0.143. The summed E-state index contributed by atoms with van der Waals surface area (Å²) in [6, 6.07) is 12.1. The zero-order valence-corrected chi connectivity index (χ0v) is 19.0. The van der Waals surface area contributed by atoms with Gasteiger partial charge in [-0.1, -0.05) is 12.1 Å². The molecule has 4 rings (SSSR count). The van der Waals surface area contributed by atoms with Crippen LogP contribution in [0.3, 0.4) is 0 Å². The predicted octanol–water partition coefficient (Wildman–Crippen LogP) is 2.63. The van der Waals surface area contributed by atoms with Crippen LogP contribution in [0.4, 0.5) is 11.4 Å². The maximum Gasteiger partial charge on any atom is 0.307 e. The lowest BCUT2D eigenvalue weighted by Crippen LogP contribution is -2.31. The number of thioether (sulfide) groups is 1. The molecule has 0 spiro atoms. The molecule has 2 aliphatic heterocycles. The van der Waals surface area contributed by atoms with E-state index in [4.69, 9.17) is 4.74 Å². The molecule has 8 nitrogen and oxygen atoms in total. The molecule has 2 aliphatic rings. The first kappa shape index (κ1) is 22.3. The first-order chi connectivity index (χ1) is 15.3. The van der Waals surface area contributed by atoms with E-state index >= 15 is 0 Å². The minimum absolute atomic E-state index is 0.00591. The molecule has 1 atom stereocenters. The first-order valence-corrected chi connectivity index (χ1v) is 12.7. The molecule has 0 aromatic heterocycles. The number of hydrogen-bond acceptors (Lipinski definition) is 7. The van der Waals surface area contributed by atoms with Gasteiger partial charge in [0.05, 0.1) is 28.8 Å². The highest BCUT2D eigenvalue weighted by atomic mass is 32.2. The first-order valence-electron chi connectivity index (χ1n) is 10.2. The third kappa shape index (κ3) is 4.51. The third-order valence-electron chi connectivity index (χ3n) is 5.38. The van der Waals surface area contributed by atoms with Crippen molar-refractivity contribution < 1.29 is 27.5 Å². The summed E-state index contributed by atoms with van der Waals surface area (Å²) in [5.41, 5.74) is 2.42. The minimum atomic E-state index is -3.36. The van der Waals surface area contributed by atoms with E-state index in [0.29, 0.717) is 29.9 Å². The molecule has 32 heavy (non-hydrogen) atoms. The van der Waals surface area contributed by atoms with Crippen LogP contribution in [0.5, 0.6) is 0 Å². The van der Waals surface area contributed by atoms with Gasteiger partial charge < -0.3 is 10.1 Å². The van der Waals surface area contributed by atoms with E-state index in [0.717, 1.165) is 10.5 Å². The van der Waals surface area contributed by atoms with E-state index in [-0.39, 0.29) is 23.9 Å². The summed E-state index contributed by atoms with van der Waals surface area (Å²) in [7, 11) is -3.36. The number of hydrogen-bond donors (Lipinski definition) is 1. The summed E-state index contributed by atoms with van der Waals surface area (Å²) in [4.78, 5) is 37.8. The molecule has 0 unspecified atom stereocenters. The zero-order valence-electron chi connectivity index (χ0n) is 17.4. The highest BCUT2D eigenvalue weighted by Gasteiger charge is 2.30. The Labute approximate surface area is 190 Å². The molecular formula is C22H22N2O6S2. The number of Topliss-reactive ketones (excluding diaryl/α,β-unsaturated/α-hetero) is 1. The lowest BCUT2D eigenvalue weighted by atomic mass is 10.1. The molecule has 0 bridgehead atoms. The molecule has 0 aliphatic carbocycles. The topological polar surface area (TPSA) is 110 Å². The van der Waals surface area contributed by atoms with Crippen molar-refractivity contribution >= 4 is 50.8 Å². The van der Waals surface area contributed by atoms with E-state index in [2.05, 4.69) is 5.32 Å².